The summed E-state index contributed by atoms with van der Waals surface area (Å²) in [6.45, 7) is 12.0. The van der Waals surface area contributed by atoms with E-state index in [9.17, 15) is 0 Å². The Hall–Kier alpha value is -1.56. The van der Waals surface area contributed by atoms with Crippen LogP contribution in [0.1, 0.15) is 31.4 Å². The number of benzene rings is 1. The van der Waals surface area contributed by atoms with Gasteiger partial charge in [-0.1, -0.05) is 42.0 Å². The first-order valence-electron chi connectivity index (χ1n) is 5.67. The van der Waals surface area contributed by atoms with Crippen molar-refractivity contribution in [3.8, 4) is 0 Å². The Kier molecular flexibility index (Phi) is 4.78. The van der Waals surface area contributed by atoms with Crippen LogP contribution in [0.25, 0.3) is 5.57 Å². The van der Waals surface area contributed by atoms with Crippen molar-refractivity contribution in [2.24, 2.45) is 0 Å². The predicted octanol–water partition coefficient (Wildman–Crippen LogP) is 4.78. The molecule has 0 radical (unpaired) electrons. The number of hydrogen-bond donors (Lipinski definition) is 0. The maximum Gasteiger partial charge on any atom is -0.00941 e. The molecule has 0 N–H and O–H groups in total. The molecule has 1 aromatic carbocycles. The molecular formula is C16H20. The molecule has 0 aliphatic carbocycles. The van der Waals surface area contributed by atoms with Gasteiger partial charge in [-0.15, -0.1) is 13.2 Å². The molecule has 0 unspecified atom stereocenters. The van der Waals surface area contributed by atoms with Gasteiger partial charge in [0.1, 0.15) is 0 Å². The molecule has 84 valence electrons. The smallest absolute Gasteiger partial charge is 0.00941 e. The number of allylic oxidation sites excluding steroid dienone is 4. The minimum Gasteiger partial charge on any atom is -0.103 e. The van der Waals surface area contributed by atoms with Crippen molar-refractivity contribution in [2.75, 3.05) is 0 Å². The van der Waals surface area contributed by atoms with Gasteiger partial charge in [-0.25, -0.2) is 0 Å². The van der Waals surface area contributed by atoms with E-state index >= 15 is 0 Å². The van der Waals surface area contributed by atoms with Gasteiger partial charge in [-0.3, -0.25) is 0 Å². The maximum atomic E-state index is 3.83. The fourth-order valence-corrected chi connectivity index (χ4v) is 1.88. The molecule has 0 heterocycles. The fourth-order valence-electron chi connectivity index (χ4n) is 1.88. The first-order chi connectivity index (χ1) is 7.70. The van der Waals surface area contributed by atoms with Gasteiger partial charge >= 0.3 is 0 Å². The molecule has 0 aromatic heterocycles. The van der Waals surface area contributed by atoms with Crippen LogP contribution < -0.4 is 0 Å². The van der Waals surface area contributed by atoms with Crippen molar-refractivity contribution in [1.29, 1.82) is 0 Å². The highest BCUT2D eigenvalue weighted by atomic mass is 14.1. The standard InChI is InChI=1S/C16H20/c1-5-9-14-11-7-8-12-16(14)15(10-6-2)13(3)4/h5-8,11-12H,1-2,9-10H2,3-4H3. The van der Waals surface area contributed by atoms with E-state index in [2.05, 4.69) is 51.3 Å². The molecule has 0 aliphatic rings. The average molecular weight is 212 g/mol. The minimum absolute atomic E-state index is 0.921. The summed E-state index contributed by atoms with van der Waals surface area (Å²) in [5.41, 5.74) is 5.42. The molecule has 1 aromatic rings. The Morgan fingerprint density at radius 3 is 2.38 bits per heavy atom. The van der Waals surface area contributed by atoms with E-state index in [1.807, 2.05) is 12.2 Å². The highest BCUT2D eigenvalue weighted by Gasteiger charge is 2.06. The van der Waals surface area contributed by atoms with Gasteiger partial charge in [0, 0.05) is 0 Å². The van der Waals surface area contributed by atoms with Crippen LogP contribution in [-0.2, 0) is 6.42 Å². The second kappa shape index (κ2) is 6.12. The van der Waals surface area contributed by atoms with Crippen LogP contribution >= 0.6 is 0 Å². The zero-order valence-corrected chi connectivity index (χ0v) is 10.3. The Morgan fingerprint density at radius 2 is 1.81 bits per heavy atom. The second-order valence-corrected chi connectivity index (χ2v) is 4.12. The van der Waals surface area contributed by atoms with Gasteiger partial charge in [0.05, 0.1) is 0 Å². The first-order valence-corrected chi connectivity index (χ1v) is 5.67. The summed E-state index contributed by atoms with van der Waals surface area (Å²) in [5, 5.41) is 0. The van der Waals surface area contributed by atoms with E-state index in [1.54, 1.807) is 0 Å². The molecule has 0 aliphatic heterocycles. The molecule has 0 bridgehead atoms. The van der Waals surface area contributed by atoms with Crippen molar-refractivity contribution in [3.05, 3.63) is 66.3 Å². The first kappa shape index (κ1) is 12.5. The van der Waals surface area contributed by atoms with Crippen LogP contribution in [-0.4, -0.2) is 0 Å². The lowest BCUT2D eigenvalue weighted by molar-refractivity contribution is 1.21. The van der Waals surface area contributed by atoms with Crippen LogP contribution in [0.2, 0.25) is 0 Å². The van der Waals surface area contributed by atoms with Gasteiger partial charge in [0.15, 0.2) is 0 Å². The predicted molar refractivity (Wildman–Crippen MR) is 73.4 cm³/mol. The molecule has 0 saturated heterocycles. The monoisotopic (exact) mass is 212 g/mol. The third kappa shape index (κ3) is 2.96. The summed E-state index contributed by atoms with van der Waals surface area (Å²) >= 11 is 0. The Balaban J connectivity index is 3.23. The van der Waals surface area contributed by atoms with E-state index in [0.717, 1.165) is 12.8 Å². The Bertz CT molecular complexity index is 404. The highest BCUT2D eigenvalue weighted by Crippen LogP contribution is 2.26. The van der Waals surface area contributed by atoms with Crippen LogP contribution in [0.5, 0.6) is 0 Å². The quantitative estimate of drug-likeness (QED) is 0.616. The van der Waals surface area contributed by atoms with E-state index in [-0.39, 0.29) is 0 Å². The number of hydrogen-bond acceptors (Lipinski definition) is 0. The summed E-state index contributed by atoms with van der Waals surface area (Å²) in [6, 6.07) is 8.53. The molecule has 0 fully saturated rings. The van der Waals surface area contributed by atoms with Crippen LogP contribution in [0.15, 0.2) is 55.1 Å². The molecule has 16 heavy (non-hydrogen) atoms. The molecule has 0 amide bonds. The minimum atomic E-state index is 0.921. The normalized spacial score (nSPS) is 9.62. The molecule has 0 atom stereocenters. The molecule has 0 heteroatoms. The summed E-state index contributed by atoms with van der Waals surface area (Å²) in [5.74, 6) is 0. The lowest BCUT2D eigenvalue weighted by Gasteiger charge is -2.12. The summed E-state index contributed by atoms with van der Waals surface area (Å²) < 4.78 is 0. The van der Waals surface area contributed by atoms with E-state index in [4.69, 9.17) is 0 Å². The van der Waals surface area contributed by atoms with Gasteiger partial charge < -0.3 is 0 Å². The summed E-state index contributed by atoms with van der Waals surface area (Å²) in [4.78, 5) is 0. The Morgan fingerprint density at radius 1 is 1.12 bits per heavy atom. The van der Waals surface area contributed by atoms with Crippen molar-refractivity contribution in [2.45, 2.75) is 26.7 Å². The van der Waals surface area contributed by atoms with Gasteiger partial charge in [-0.05, 0) is 43.4 Å². The van der Waals surface area contributed by atoms with E-state index < -0.39 is 0 Å². The van der Waals surface area contributed by atoms with Crippen molar-refractivity contribution < 1.29 is 0 Å². The third-order valence-corrected chi connectivity index (χ3v) is 2.66. The van der Waals surface area contributed by atoms with Crippen LogP contribution in [0.4, 0.5) is 0 Å². The van der Waals surface area contributed by atoms with Gasteiger partial charge in [-0.2, -0.15) is 0 Å². The fraction of sp³-hybridized carbons (Fsp3) is 0.250. The zero-order valence-electron chi connectivity index (χ0n) is 10.3. The average Bonchev–Trinajstić information content (AvgIpc) is 2.27. The van der Waals surface area contributed by atoms with Crippen LogP contribution in [0, 0.1) is 0 Å². The molecule has 1 rings (SSSR count). The third-order valence-electron chi connectivity index (χ3n) is 2.66. The lowest BCUT2D eigenvalue weighted by Crippen LogP contribution is -1.93. The Labute approximate surface area is 99.0 Å². The van der Waals surface area contributed by atoms with Crippen LogP contribution in [0.3, 0.4) is 0 Å². The molecule has 0 saturated carbocycles. The molecule has 0 spiro atoms. The van der Waals surface area contributed by atoms with Crippen molar-refractivity contribution in [1.82, 2.24) is 0 Å². The highest BCUT2D eigenvalue weighted by molar-refractivity contribution is 5.71. The maximum absolute atomic E-state index is 3.83. The summed E-state index contributed by atoms with van der Waals surface area (Å²) in [7, 11) is 0. The second-order valence-electron chi connectivity index (χ2n) is 4.12. The largest absolute Gasteiger partial charge is 0.103 e. The lowest BCUT2D eigenvalue weighted by atomic mass is 9.93. The SMILES string of the molecule is C=CCC(=C(C)C)c1ccccc1CC=C. The van der Waals surface area contributed by atoms with E-state index in [1.165, 1.54) is 22.3 Å². The van der Waals surface area contributed by atoms with Gasteiger partial charge in [0.2, 0.25) is 0 Å². The molecule has 0 nitrogen and oxygen atoms in total. The topological polar surface area (TPSA) is 0 Å². The zero-order chi connectivity index (χ0) is 12.0. The number of rotatable bonds is 5. The van der Waals surface area contributed by atoms with Crippen molar-refractivity contribution in [3.63, 3.8) is 0 Å². The van der Waals surface area contributed by atoms with Crippen molar-refractivity contribution >= 4 is 5.57 Å². The van der Waals surface area contributed by atoms with E-state index in [0.29, 0.717) is 0 Å². The molecular weight excluding hydrogens is 192 g/mol. The van der Waals surface area contributed by atoms with Gasteiger partial charge in [0.25, 0.3) is 0 Å². The summed E-state index contributed by atoms with van der Waals surface area (Å²) in [6.07, 6.45) is 5.77.